The lowest BCUT2D eigenvalue weighted by molar-refractivity contribution is 0.384. The summed E-state index contributed by atoms with van der Waals surface area (Å²) in [5.41, 5.74) is 7.35. The van der Waals surface area contributed by atoms with Crippen LogP contribution in [0.4, 0.5) is 11.4 Å². The van der Waals surface area contributed by atoms with Gasteiger partial charge in [0.15, 0.2) is 0 Å². The minimum Gasteiger partial charge on any atom is -0.481 e. The molecule has 5 nitrogen and oxygen atoms in total. The lowest BCUT2D eigenvalue weighted by atomic mass is 10.3. The summed E-state index contributed by atoms with van der Waals surface area (Å²) >= 11 is 0. The zero-order valence-corrected chi connectivity index (χ0v) is 11.3. The molecule has 0 unspecified atom stereocenters. The van der Waals surface area contributed by atoms with Gasteiger partial charge in [-0.3, -0.25) is 0 Å². The van der Waals surface area contributed by atoms with Crippen LogP contribution in [-0.4, -0.2) is 26.2 Å². The van der Waals surface area contributed by atoms with Gasteiger partial charge in [0, 0.05) is 31.9 Å². The van der Waals surface area contributed by atoms with Gasteiger partial charge in [-0.05, 0) is 18.2 Å². The second-order valence-corrected chi connectivity index (χ2v) is 4.24. The molecular formula is C14H17N3O2. The van der Waals surface area contributed by atoms with Crippen LogP contribution in [0.3, 0.4) is 0 Å². The fraction of sp³-hybridized carbons (Fsp3) is 0.214. The Morgan fingerprint density at radius 3 is 2.63 bits per heavy atom. The van der Waals surface area contributed by atoms with E-state index in [1.165, 1.54) is 0 Å². The Morgan fingerprint density at radius 2 is 1.95 bits per heavy atom. The maximum absolute atomic E-state index is 5.84. The Bertz CT molecular complexity index is 570. The molecule has 0 spiro atoms. The number of benzene rings is 1. The summed E-state index contributed by atoms with van der Waals surface area (Å²) in [6.07, 6.45) is 0. The number of rotatable bonds is 4. The van der Waals surface area contributed by atoms with Crippen molar-refractivity contribution in [1.29, 1.82) is 0 Å². The molecule has 0 bridgehead atoms. The number of aromatic nitrogens is 1. The van der Waals surface area contributed by atoms with Crippen molar-refractivity contribution in [2.24, 2.45) is 0 Å². The Balaban J connectivity index is 2.28. The third kappa shape index (κ3) is 3.07. The second-order valence-electron chi connectivity index (χ2n) is 4.24. The SMILES string of the molecule is COc1ccc(N)c(Oc2cccc(N(C)C)c2)n1. The summed E-state index contributed by atoms with van der Waals surface area (Å²) < 4.78 is 10.8. The number of hydrogen-bond donors (Lipinski definition) is 1. The Morgan fingerprint density at radius 1 is 1.16 bits per heavy atom. The summed E-state index contributed by atoms with van der Waals surface area (Å²) in [6.45, 7) is 0. The molecule has 0 amide bonds. The number of anilines is 2. The quantitative estimate of drug-likeness (QED) is 0.914. The van der Waals surface area contributed by atoms with Crippen LogP contribution in [0.1, 0.15) is 0 Å². The molecule has 2 aromatic rings. The van der Waals surface area contributed by atoms with E-state index in [0.717, 1.165) is 5.69 Å². The first-order valence-electron chi connectivity index (χ1n) is 5.86. The highest BCUT2D eigenvalue weighted by molar-refractivity contribution is 5.54. The van der Waals surface area contributed by atoms with Crippen LogP contribution in [0.2, 0.25) is 0 Å². The number of pyridine rings is 1. The molecule has 0 atom stereocenters. The molecule has 2 rings (SSSR count). The first-order valence-corrected chi connectivity index (χ1v) is 5.86. The first kappa shape index (κ1) is 13.0. The fourth-order valence-corrected chi connectivity index (χ4v) is 1.57. The molecule has 0 aliphatic rings. The molecule has 0 fully saturated rings. The second kappa shape index (κ2) is 5.48. The molecule has 0 radical (unpaired) electrons. The number of nitrogens with zero attached hydrogens (tertiary/aromatic N) is 2. The van der Waals surface area contributed by atoms with Crippen molar-refractivity contribution in [2.45, 2.75) is 0 Å². The van der Waals surface area contributed by atoms with E-state index in [1.807, 2.05) is 43.3 Å². The Kier molecular flexibility index (Phi) is 3.75. The zero-order chi connectivity index (χ0) is 13.8. The van der Waals surface area contributed by atoms with Crippen LogP contribution < -0.4 is 20.1 Å². The molecule has 1 aromatic heterocycles. The van der Waals surface area contributed by atoms with E-state index in [1.54, 1.807) is 19.2 Å². The molecule has 5 heteroatoms. The van der Waals surface area contributed by atoms with Crippen LogP contribution in [0, 0.1) is 0 Å². The van der Waals surface area contributed by atoms with Gasteiger partial charge < -0.3 is 20.1 Å². The lowest BCUT2D eigenvalue weighted by Crippen LogP contribution is -2.08. The largest absolute Gasteiger partial charge is 0.481 e. The van der Waals surface area contributed by atoms with Gasteiger partial charge in [-0.15, -0.1) is 0 Å². The van der Waals surface area contributed by atoms with Crippen molar-refractivity contribution < 1.29 is 9.47 Å². The topological polar surface area (TPSA) is 60.6 Å². The van der Waals surface area contributed by atoms with Crippen molar-refractivity contribution in [3.05, 3.63) is 36.4 Å². The van der Waals surface area contributed by atoms with Gasteiger partial charge in [0.1, 0.15) is 5.75 Å². The third-order valence-electron chi connectivity index (χ3n) is 2.62. The number of hydrogen-bond acceptors (Lipinski definition) is 5. The van der Waals surface area contributed by atoms with Crippen molar-refractivity contribution in [3.63, 3.8) is 0 Å². The van der Waals surface area contributed by atoms with Crippen LogP contribution in [-0.2, 0) is 0 Å². The average molecular weight is 259 g/mol. The summed E-state index contributed by atoms with van der Waals surface area (Å²) in [7, 11) is 5.49. The molecular weight excluding hydrogens is 242 g/mol. The van der Waals surface area contributed by atoms with Gasteiger partial charge in [-0.2, -0.15) is 4.98 Å². The smallest absolute Gasteiger partial charge is 0.246 e. The number of methoxy groups -OCH3 is 1. The van der Waals surface area contributed by atoms with E-state index in [0.29, 0.717) is 23.2 Å². The number of nitrogen functional groups attached to an aromatic ring is 1. The van der Waals surface area contributed by atoms with Gasteiger partial charge in [0.05, 0.1) is 12.8 Å². The maximum Gasteiger partial charge on any atom is 0.246 e. The molecule has 19 heavy (non-hydrogen) atoms. The molecule has 1 heterocycles. The van der Waals surface area contributed by atoms with Gasteiger partial charge in [-0.25, -0.2) is 0 Å². The Hall–Kier alpha value is -2.43. The van der Waals surface area contributed by atoms with Gasteiger partial charge >= 0.3 is 0 Å². The predicted molar refractivity (Wildman–Crippen MR) is 76.0 cm³/mol. The lowest BCUT2D eigenvalue weighted by Gasteiger charge is -2.14. The van der Waals surface area contributed by atoms with E-state index in [2.05, 4.69) is 4.98 Å². The highest BCUT2D eigenvalue weighted by atomic mass is 16.5. The minimum atomic E-state index is 0.343. The normalized spacial score (nSPS) is 10.1. The monoisotopic (exact) mass is 259 g/mol. The summed E-state index contributed by atoms with van der Waals surface area (Å²) in [5, 5.41) is 0. The molecule has 0 aliphatic heterocycles. The van der Waals surface area contributed by atoms with Crippen molar-refractivity contribution in [3.8, 4) is 17.5 Å². The zero-order valence-electron chi connectivity index (χ0n) is 11.3. The Labute approximate surface area is 112 Å². The van der Waals surface area contributed by atoms with E-state index >= 15 is 0 Å². The van der Waals surface area contributed by atoms with Crippen LogP contribution in [0.15, 0.2) is 36.4 Å². The summed E-state index contributed by atoms with van der Waals surface area (Å²) in [4.78, 5) is 6.17. The molecule has 0 saturated carbocycles. The third-order valence-corrected chi connectivity index (χ3v) is 2.62. The standard InChI is InChI=1S/C14H17N3O2/c1-17(2)10-5-4-6-11(9-10)19-14-12(15)7-8-13(16-14)18-3/h4-9H,15H2,1-3H3. The van der Waals surface area contributed by atoms with Crippen LogP contribution in [0.25, 0.3) is 0 Å². The number of nitrogens with two attached hydrogens (primary N) is 1. The van der Waals surface area contributed by atoms with Gasteiger partial charge in [0.25, 0.3) is 0 Å². The van der Waals surface area contributed by atoms with E-state index < -0.39 is 0 Å². The number of ether oxygens (including phenoxy) is 2. The average Bonchev–Trinajstić information content (AvgIpc) is 2.41. The molecule has 2 N–H and O–H groups in total. The first-order chi connectivity index (χ1) is 9.10. The molecule has 1 aromatic carbocycles. The summed E-state index contributed by atoms with van der Waals surface area (Å²) in [5.74, 6) is 1.49. The minimum absolute atomic E-state index is 0.343. The van der Waals surface area contributed by atoms with Crippen molar-refractivity contribution in [1.82, 2.24) is 4.98 Å². The molecule has 0 saturated heterocycles. The summed E-state index contributed by atoms with van der Waals surface area (Å²) in [6, 6.07) is 11.1. The fourth-order valence-electron chi connectivity index (χ4n) is 1.57. The van der Waals surface area contributed by atoms with E-state index in [4.69, 9.17) is 15.2 Å². The van der Waals surface area contributed by atoms with Gasteiger partial charge in [0.2, 0.25) is 11.8 Å². The van der Waals surface area contributed by atoms with Gasteiger partial charge in [-0.1, -0.05) is 6.07 Å². The highest BCUT2D eigenvalue weighted by Crippen LogP contribution is 2.29. The van der Waals surface area contributed by atoms with Crippen LogP contribution in [0.5, 0.6) is 17.5 Å². The maximum atomic E-state index is 5.84. The van der Waals surface area contributed by atoms with Crippen molar-refractivity contribution in [2.75, 3.05) is 31.8 Å². The van der Waals surface area contributed by atoms with Crippen LogP contribution >= 0.6 is 0 Å². The molecule has 0 aliphatic carbocycles. The van der Waals surface area contributed by atoms with E-state index in [9.17, 15) is 0 Å². The molecule has 100 valence electrons. The van der Waals surface area contributed by atoms with E-state index in [-0.39, 0.29) is 0 Å². The highest BCUT2D eigenvalue weighted by Gasteiger charge is 2.07. The predicted octanol–water partition coefficient (Wildman–Crippen LogP) is 2.53. The van der Waals surface area contributed by atoms with Crippen molar-refractivity contribution >= 4 is 11.4 Å².